The minimum Gasteiger partial charge on any atom is -0.324 e. The summed E-state index contributed by atoms with van der Waals surface area (Å²) in [6, 6.07) is 31.5. The monoisotopic (exact) mass is 353 g/mol. The fraction of sp³-hybridized carbons (Fsp3) is 0.125. The Bertz CT molecular complexity index is 893. The van der Waals surface area contributed by atoms with Gasteiger partial charge in [-0.25, -0.2) is 0 Å². The molecule has 0 aliphatic carbocycles. The van der Waals surface area contributed by atoms with Crippen molar-refractivity contribution >= 4 is 0 Å². The van der Waals surface area contributed by atoms with Gasteiger partial charge in [-0.3, -0.25) is 4.68 Å². The molecule has 0 aliphatic heterocycles. The standard InChI is InChI=1S/C24H23N3/c1-19(25)20-17-26-27(18-20)24(21-11-5-2-6-12-21,22-13-7-3-8-14-22)23-15-9-4-10-16-23/h2-19H,25H2,1H3. The molecule has 2 N–H and O–H groups in total. The Morgan fingerprint density at radius 1 is 0.741 bits per heavy atom. The predicted octanol–water partition coefficient (Wildman–Crippen LogP) is 4.74. The van der Waals surface area contributed by atoms with E-state index in [4.69, 9.17) is 10.8 Å². The van der Waals surface area contributed by atoms with Crippen molar-refractivity contribution in [3.63, 3.8) is 0 Å². The molecule has 134 valence electrons. The molecule has 4 rings (SSSR count). The van der Waals surface area contributed by atoms with Gasteiger partial charge in [-0.2, -0.15) is 5.10 Å². The number of hydrogen-bond acceptors (Lipinski definition) is 2. The fourth-order valence-electron chi connectivity index (χ4n) is 3.69. The first-order chi connectivity index (χ1) is 13.2. The molecule has 0 bridgehead atoms. The lowest BCUT2D eigenvalue weighted by molar-refractivity contribution is 0.459. The molecule has 0 saturated heterocycles. The van der Waals surface area contributed by atoms with Crippen LogP contribution in [-0.2, 0) is 5.54 Å². The lowest BCUT2D eigenvalue weighted by atomic mass is 9.77. The van der Waals surface area contributed by atoms with Crippen LogP contribution in [0.2, 0.25) is 0 Å². The van der Waals surface area contributed by atoms with Crippen LogP contribution in [-0.4, -0.2) is 9.78 Å². The number of benzene rings is 3. The van der Waals surface area contributed by atoms with Crippen LogP contribution in [0.1, 0.15) is 35.2 Å². The molecule has 1 aromatic heterocycles. The number of hydrogen-bond donors (Lipinski definition) is 1. The molecular formula is C24H23N3. The quantitative estimate of drug-likeness (QED) is 0.527. The van der Waals surface area contributed by atoms with Gasteiger partial charge in [0, 0.05) is 17.8 Å². The lowest BCUT2D eigenvalue weighted by Crippen LogP contribution is -2.38. The average Bonchev–Trinajstić information content (AvgIpc) is 3.22. The Balaban J connectivity index is 2.09. The van der Waals surface area contributed by atoms with Crippen LogP contribution < -0.4 is 5.73 Å². The second kappa shape index (κ2) is 7.22. The molecule has 0 aliphatic rings. The third-order valence-corrected chi connectivity index (χ3v) is 5.05. The molecule has 1 atom stereocenters. The highest BCUT2D eigenvalue weighted by atomic mass is 15.3. The summed E-state index contributed by atoms with van der Waals surface area (Å²) in [5.74, 6) is 0. The number of aromatic nitrogens is 2. The van der Waals surface area contributed by atoms with Crippen LogP contribution in [0.15, 0.2) is 103 Å². The summed E-state index contributed by atoms with van der Waals surface area (Å²) >= 11 is 0. The van der Waals surface area contributed by atoms with E-state index in [9.17, 15) is 0 Å². The van der Waals surface area contributed by atoms with Gasteiger partial charge in [-0.15, -0.1) is 0 Å². The van der Waals surface area contributed by atoms with Gasteiger partial charge in [0.15, 0.2) is 0 Å². The SMILES string of the molecule is CC(N)c1cnn(C(c2ccccc2)(c2ccccc2)c2ccccc2)c1. The normalized spacial score (nSPS) is 12.7. The van der Waals surface area contributed by atoms with Gasteiger partial charge in [0.1, 0.15) is 5.54 Å². The van der Waals surface area contributed by atoms with Crippen molar-refractivity contribution in [1.29, 1.82) is 0 Å². The smallest absolute Gasteiger partial charge is 0.138 e. The summed E-state index contributed by atoms with van der Waals surface area (Å²) in [7, 11) is 0. The van der Waals surface area contributed by atoms with Crippen LogP contribution in [0, 0.1) is 0 Å². The Hall–Kier alpha value is -3.17. The highest BCUT2D eigenvalue weighted by Crippen LogP contribution is 2.40. The van der Waals surface area contributed by atoms with Crippen molar-refractivity contribution in [3.05, 3.63) is 126 Å². The highest BCUT2D eigenvalue weighted by Gasteiger charge is 2.39. The van der Waals surface area contributed by atoms with E-state index >= 15 is 0 Å². The van der Waals surface area contributed by atoms with E-state index in [0.717, 1.165) is 22.3 Å². The topological polar surface area (TPSA) is 43.8 Å². The van der Waals surface area contributed by atoms with Crippen LogP contribution in [0.5, 0.6) is 0 Å². The van der Waals surface area contributed by atoms with Gasteiger partial charge in [-0.1, -0.05) is 91.0 Å². The summed E-state index contributed by atoms with van der Waals surface area (Å²) < 4.78 is 2.05. The maximum Gasteiger partial charge on any atom is 0.138 e. The maximum absolute atomic E-state index is 6.13. The summed E-state index contributed by atoms with van der Waals surface area (Å²) in [4.78, 5) is 0. The zero-order chi connectivity index (χ0) is 18.7. The minimum atomic E-state index is -0.572. The average molecular weight is 353 g/mol. The second-order valence-electron chi connectivity index (χ2n) is 6.82. The van der Waals surface area contributed by atoms with E-state index in [1.165, 1.54) is 0 Å². The van der Waals surface area contributed by atoms with E-state index < -0.39 is 5.54 Å². The van der Waals surface area contributed by atoms with Crippen molar-refractivity contribution < 1.29 is 0 Å². The highest BCUT2D eigenvalue weighted by molar-refractivity contribution is 5.50. The van der Waals surface area contributed by atoms with Crippen LogP contribution in [0.25, 0.3) is 0 Å². The van der Waals surface area contributed by atoms with Gasteiger partial charge in [0.2, 0.25) is 0 Å². The maximum atomic E-state index is 6.13. The predicted molar refractivity (Wildman–Crippen MR) is 109 cm³/mol. The minimum absolute atomic E-state index is 0.0706. The van der Waals surface area contributed by atoms with Gasteiger partial charge in [-0.05, 0) is 23.6 Å². The van der Waals surface area contributed by atoms with E-state index in [1.54, 1.807) is 0 Å². The van der Waals surface area contributed by atoms with Crippen molar-refractivity contribution in [3.8, 4) is 0 Å². The Kier molecular flexibility index (Phi) is 4.61. The first-order valence-electron chi connectivity index (χ1n) is 9.20. The van der Waals surface area contributed by atoms with Crippen LogP contribution >= 0.6 is 0 Å². The lowest BCUT2D eigenvalue weighted by Gasteiger charge is -2.36. The van der Waals surface area contributed by atoms with E-state index in [1.807, 2.05) is 36.0 Å². The zero-order valence-corrected chi connectivity index (χ0v) is 15.4. The second-order valence-corrected chi connectivity index (χ2v) is 6.82. The van der Waals surface area contributed by atoms with Crippen molar-refractivity contribution in [1.82, 2.24) is 9.78 Å². The first kappa shape index (κ1) is 17.3. The van der Waals surface area contributed by atoms with Crippen molar-refractivity contribution in [2.75, 3.05) is 0 Å². The summed E-state index contributed by atoms with van der Waals surface area (Å²) in [5.41, 5.74) is 10.0. The van der Waals surface area contributed by atoms with Gasteiger partial charge in [0.25, 0.3) is 0 Å². The summed E-state index contributed by atoms with van der Waals surface area (Å²) in [6.45, 7) is 1.98. The first-order valence-corrected chi connectivity index (χ1v) is 9.20. The molecule has 0 saturated carbocycles. The van der Waals surface area contributed by atoms with Crippen LogP contribution in [0.4, 0.5) is 0 Å². The largest absolute Gasteiger partial charge is 0.324 e. The van der Waals surface area contributed by atoms with Gasteiger partial charge < -0.3 is 5.73 Å². The molecule has 4 aromatic rings. The third-order valence-electron chi connectivity index (χ3n) is 5.05. The fourth-order valence-corrected chi connectivity index (χ4v) is 3.69. The Morgan fingerprint density at radius 3 is 1.48 bits per heavy atom. The molecule has 27 heavy (non-hydrogen) atoms. The van der Waals surface area contributed by atoms with E-state index in [-0.39, 0.29) is 6.04 Å². The molecule has 0 radical (unpaired) electrons. The molecule has 1 heterocycles. The number of nitrogens with two attached hydrogens (primary N) is 1. The Morgan fingerprint density at radius 2 is 1.15 bits per heavy atom. The molecule has 0 amide bonds. The van der Waals surface area contributed by atoms with Crippen LogP contribution in [0.3, 0.4) is 0 Å². The Labute approximate surface area is 160 Å². The molecular weight excluding hydrogens is 330 g/mol. The summed E-state index contributed by atoms with van der Waals surface area (Å²) in [6.07, 6.45) is 3.94. The summed E-state index contributed by atoms with van der Waals surface area (Å²) in [5, 5.41) is 4.78. The third kappa shape index (κ3) is 2.96. The number of rotatable bonds is 5. The number of nitrogens with zero attached hydrogens (tertiary/aromatic N) is 2. The zero-order valence-electron chi connectivity index (χ0n) is 15.4. The van der Waals surface area contributed by atoms with E-state index in [0.29, 0.717) is 0 Å². The van der Waals surface area contributed by atoms with Gasteiger partial charge in [0.05, 0.1) is 6.20 Å². The molecule has 3 heteroatoms. The molecule has 0 fully saturated rings. The molecule has 0 spiro atoms. The molecule has 1 unspecified atom stereocenters. The van der Waals surface area contributed by atoms with Crippen molar-refractivity contribution in [2.45, 2.75) is 18.5 Å². The molecule has 3 aromatic carbocycles. The van der Waals surface area contributed by atoms with Gasteiger partial charge >= 0.3 is 0 Å². The molecule has 3 nitrogen and oxygen atoms in total. The van der Waals surface area contributed by atoms with Crippen molar-refractivity contribution in [2.24, 2.45) is 5.73 Å². The van der Waals surface area contributed by atoms with E-state index in [2.05, 4.69) is 79.0 Å².